The van der Waals surface area contributed by atoms with Crippen LogP contribution in [0.15, 0.2) is 39.4 Å². The molecule has 0 spiro atoms. The first-order valence-corrected chi connectivity index (χ1v) is 6.48. The van der Waals surface area contributed by atoms with Crippen molar-refractivity contribution >= 4 is 27.5 Å². The van der Waals surface area contributed by atoms with Crippen molar-refractivity contribution in [1.29, 1.82) is 0 Å². The number of rotatable bonds is 3. The Kier molecular flexibility index (Phi) is 3.92. The van der Waals surface area contributed by atoms with Crippen LogP contribution in [0, 0.1) is 6.92 Å². The van der Waals surface area contributed by atoms with Gasteiger partial charge in [0.25, 0.3) is 0 Å². The zero-order valence-corrected chi connectivity index (χ0v) is 11.8. The van der Waals surface area contributed by atoms with Gasteiger partial charge in [-0.15, -0.1) is 0 Å². The fraction of sp³-hybridized carbons (Fsp3) is 0.231. The van der Waals surface area contributed by atoms with E-state index in [0.717, 1.165) is 26.4 Å². The van der Waals surface area contributed by atoms with E-state index in [1.807, 2.05) is 31.2 Å². The second kappa shape index (κ2) is 5.25. The molecular formula is C13H13BrClNO. The average Bonchev–Trinajstić information content (AvgIpc) is 2.68. The average molecular weight is 315 g/mol. The standard InChI is InChI=1S/C13H13BrClNO/c1-8-11(4-5-17-8)13(16)6-9-2-3-10(14)7-12(9)15/h2-5,7,13H,6,16H2,1H3. The molecule has 0 saturated carbocycles. The van der Waals surface area contributed by atoms with E-state index < -0.39 is 0 Å². The van der Waals surface area contributed by atoms with Crippen LogP contribution in [-0.2, 0) is 6.42 Å². The van der Waals surface area contributed by atoms with E-state index in [-0.39, 0.29) is 6.04 Å². The third-order valence-corrected chi connectivity index (χ3v) is 3.60. The van der Waals surface area contributed by atoms with Crippen molar-refractivity contribution in [3.05, 3.63) is 56.9 Å². The lowest BCUT2D eigenvalue weighted by atomic mass is 10.0. The summed E-state index contributed by atoms with van der Waals surface area (Å²) < 4.78 is 6.22. The molecule has 4 heteroatoms. The second-order valence-electron chi connectivity index (χ2n) is 3.98. The van der Waals surface area contributed by atoms with Gasteiger partial charge >= 0.3 is 0 Å². The fourth-order valence-corrected chi connectivity index (χ4v) is 2.56. The van der Waals surface area contributed by atoms with Gasteiger partial charge in [-0.3, -0.25) is 0 Å². The summed E-state index contributed by atoms with van der Waals surface area (Å²) >= 11 is 9.55. The van der Waals surface area contributed by atoms with Gasteiger partial charge in [0.05, 0.1) is 6.26 Å². The van der Waals surface area contributed by atoms with Crippen LogP contribution in [0.25, 0.3) is 0 Å². The number of benzene rings is 1. The highest BCUT2D eigenvalue weighted by Crippen LogP contribution is 2.26. The number of nitrogens with two attached hydrogens (primary N) is 1. The molecule has 1 atom stereocenters. The Morgan fingerprint density at radius 1 is 1.41 bits per heavy atom. The zero-order valence-electron chi connectivity index (χ0n) is 9.41. The van der Waals surface area contributed by atoms with Crippen LogP contribution in [0.1, 0.15) is 22.9 Å². The smallest absolute Gasteiger partial charge is 0.105 e. The van der Waals surface area contributed by atoms with Gasteiger partial charge in [-0.1, -0.05) is 33.6 Å². The molecule has 0 aliphatic heterocycles. The topological polar surface area (TPSA) is 39.2 Å². The largest absolute Gasteiger partial charge is 0.469 e. The van der Waals surface area contributed by atoms with Crippen molar-refractivity contribution in [3.8, 4) is 0 Å². The Morgan fingerprint density at radius 3 is 2.76 bits per heavy atom. The number of halogens is 2. The summed E-state index contributed by atoms with van der Waals surface area (Å²) in [4.78, 5) is 0. The van der Waals surface area contributed by atoms with Crippen molar-refractivity contribution in [2.45, 2.75) is 19.4 Å². The highest BCUT2D eigenvalue weighted by molar-refractivity contribution is 9.10. The summed E-state index contributed by atoms with van der Waals surface area (Å²) in [7, 11) is 0. The van der Waals surface area contributed by atoms with E-state index in [0.29, 0.717) is 6.42 Å². The molecule has 1 heterocycles. The molecule has 0 amide bonds. The molecule has 0 bridgehead atoms. The second-order valence-corrected chi connectivity index (χ2v) is 5.30. The molecule has 0 aliphatic rings. The van der Waals surface area contributed by atoms with Crippen LogP contribution in [0.5, 0.6) is 0 Å². The Morgan fingerprint density at radius 2 is 2.18 bits per heavy atom. The summed E-state index contributed by atoms with van der Waals surface area (Å²) in [5.41, 5.74) is 8.22. The summed E-state index contributed by atoms with van der Waals surface area (Å²) in [5, 5.41) is 0.732. The van der Waals surface area contributed by atoms with Gasteiger partial charge in [0.2, 0.25) is 0 Å². The molecule has 1 aromatic carbocycles. The number of aryl methyl sites for hydroxylation is 1. The van der Waals surface area contributed by atoms with Gasteiger partial charge in [0.15, 0.2) is 0 Å². The molecule has 1 unspecified atom stereocenters. The molecule has 17 heavy (non-hydrogen) atoms. The van der Waals surface area contributed by atoms with Crippen LogP contribution in [0.3, 0.4) is 0 Å². The molecule has 2 nitrogen and oxygen atoms in total. The van der Waals surface area contributed by atoms with Crippen molar-refractivity contribution < 1.29 is 4.42 Å². The minimum absolute atomic E-state index is 0.0903. The van der Waals surface area contributed by atoms with Crippen LogP contribution in [-0.4, -0.2) is 0 Å². The fourth-order valence-electron chi connectivity index (χ4n) is 1.81. The first-order valence-electron chi connectivity index (χ1n) is 5.31. The monoisotopic (exact) mass is 313 g/mol. The van der Waals surface area contributed by atoms with Crippen molar-refractivity contribution in [2.75, 3.05) is 0 Å². The van der Waals surface area contributed by atoms with E-state index in [1.165, 1.54) is 0 Å². The Bertz CT molecular complexity index is 524. The van der Waals surface area contributed by atoms with E-state index in [9.17, 15) is 0 Å². The van der Waals surface area contributed by atoms with Crippen LogP contribution >= 0.6 is 27.5 Å². The van der Waals surface area contributed by atoms with Crippen molar-refractivity contribution in [1.82, 2.24) is 0 Å². The van der Waals surface area contributed by atoms with Gasteiger partial charge < -0.3 is 10.2 Å². The minimum Gasteiger partial charge on any atom is -0.469 e. The minimum atomic E-state index is -0.0903. The Hall–Kier alpha value is -0.770. The van der Waals surface area contributed by atoms with Crippen molar-refractivity contribution in [2.24, 2.45) is 5.73 Å². The van der Waals surface area contributed by atoms with Crippen LogP contribution < -0.4 is 5.73 Å². The lowest BCUT2D eigenvalue weighted by Gasteiger charge is -2.12. The van der Waals surface area contributed by atoms with E-state index in [1.54, 1.807) is 6.26 Å². The highest BCUT2D eigenvalue weighted by atomic mass is 79.9. The maximum Gasteiger partial charge on any atom is 0.105 e. The van der Waals surface area contributed by atoms with Crippen LogP contribution in [0.4, 0.5) is 0 Å². The SMILES string of the molecule is Cc1occc1C(N)Cc1ccc(Br)cc1Cl. The number of hydrogen-bond donors (Lipinski definition) is 1. The number of furan rings is 1. The molecule has 2 N–H and O–H groups in total. The molecule has 2 aromatic rings. The molecule has 0 saturated heterocycles. The Labute approximate surface area is 114 Å². The highest BCUT2D eigenvalue weighted by Gasteiger charge is 2.13. The molecule has 1 aromatic heterocycles. The van der Waals surface area contributed by atoms with Gasteiger partial charge in [-0.2, -0.15) is 0 Å². The van der Waals surface area contributed by atoms with Crippen LogP contribution in [0.2, 0.25) is 5.02 Å². The quantitative estimate of drug-likeness (QED) is 0.920. The first-order chi connectivity index (χ1) is 8.08. The first kappa shape index (κ1) is 12.7. The van der Waals surface area contributed by atoms with Gasteiger partial charge in [-0.05, 0) is 37.1 Å². The molecule has 0 aliphatic carbocycles. The lowest BCUT2D eigenvalue weighted by Crippen LogP contribution is -2.13. The summed E-state index contributed by atoms with van der Waals surface area (Å²) in [5.74, 6) is 0.866. The molecule has 90 valence electrons. The third kappa shape index (κ3) is 2.92. The molecule has 0 fully saturated rings. The zero-order chi connectivity index (χ0) is 12.4. The summed E-state index contributed by atoms with van der Waals surface area (Å²) in [6.07, 6.45) is 2.36. The molecule has 2 rings (SSSR count). The number of hydrogen-bond acceptors (Lipinski definition) is 2. The van der Waals surface area contributed by atoms with Gasteiger partial charge in [0, 0.05) is 21.1 Å². The van der Waals surface area contributed by atoms with Gasteiger partial charge in [-0.25, -0.2) is 0 Å². The third-order valence-electron chi connectivity index (χ3n) is 2.75. The predicted molar refractivity (Wildman–Crippen MR) is 73.2 cm³/mol. The molecule has 0 radical (unpaired) electrons. The summed E-state index contributed by atoms with van der Waals surface area (Å²) in [6.45, 7) is 1.92. The maximum atomic E-state index is 6.17. The summed E-state index contributed by atoms with van der Waals surface area (Å²) in [6, 6.07) is 7.66. The van der Waals surface area contributed by atoms with E-state index in [2.05, 4.69) is 15.9 Å². The molecular weight excluding hydrogens is 302 g/mol. The van der Waals surface area contributed by atoms with E-state index >= 15 is 0 Å². The van der Waals surface area contributed by atoms with Crippen molar-refractivity contribution in [3.63, 3.8) is 0 Å². The maximum absolute atomic E-state index is 6.17. The Balaban J connectivity index is 2.19. The normalized spacial score (nSPS) is 12.7. The predicted octanol–water partition coefficient (Wildman–Crippen LogP) is 4.25. The van der Waals surface area contributed by atoms with E-state index in [4.69, 9.17) is 21.8 Å². The van der Waals surface area contributed by atoms with Gasteiger partial charge in [0.1, 0.15) is 5.76 Å². The lowest BCUT2D eigenvalue weighted by molar-refractivity contribution is 0.524.